The molecule has 250 valence electrons. The largest absolute Gasteiger partial charge is 0.480 e. The maximum Gasteiger partial charge on any atom is 0.326 e. The number of amides is 4. The number of aliphatic carboxylic acids is 1. The molecule has 16 nitrogen and oxygen atoms in total. The molecular weight excluding hydrogens is 586 g/mol. The summed E-state index contributed by atoms with van der Waals surface area (Å²) in [5, 5.41) is 27.6. The monoisotopic (exact) mass is 633 g/mol. The van der Waals surface area contributed by atoms with Crippen molar-refractivity contribution in [2.24, 2.45) is 22.2 Å². The zero-order valence-corrected chi connectivity index (χ0v) is 25.6. The van der Waals surface area contributed by atoms with E-state index in [1.807, 2.05) is 0 Å². The van der Waals surface area contributed by atoms with E-state index in [1.54, 1.807) is 24.3 Å². The van der Waals surface area contributed by atoms with Crippen molar-refractivity contribution in [2.75, 3.05) is 25.4 Å². The third kappa shape index (κ3) is 12.2. The van der Waals surface area contributed by atoms with Gasteiger partial charge in [0.1, 0.15) is 24.2 Å². The molecule has 0 aromatic heterocycles. The van der Waals surface area contributed by atoms with E-state index in [9.17, 15) is 34.2 Å². The summed E-state index contributed by atoms with van der Waals surface area (Å²) in [6.45, 7) is 2.12. The van der Waals surface area contributed by atoms with Gasteiger partial charge < -0.3 is 54.0 Å². The normalized spacial score (nSPS) is 17.0. The summed E-state index contributed by atoms with van der Waals surface area (Å²) in [7, 11) is 0. The average molecular weight is 634 g/mol. The van der Waals surface area contributed by atoms with Gasteiger partial charge in [0.2, 0.25) is 23.6 Å². The predicted molar refractivity (Wildman–Crippen MR) is 167 cm³/mol. The summed E-state index contributed by atoms with van der Waals surface area (Å²) in [5.41, 5.74) is 23.1. The molecule has 45 heavy (non-hydrogen) atoms. The smallest absolute Gasteiger partial charge is 0.326 e. The van der Waals surface area contributed by atoms with Gasteiger partial charge in [-0.3, -0.25) is 24.2 Å². The lowest BCUT2D eigenvalue weighted by molar-refractivity contribution is -0.145. The van der Waals surface area contributed by atoms with Gasteiger partial charge in [-0.05, 0) is 76.1 Å². The highest BCUT2D eigenvalue weighted by Gasteiger charge is 2.39. The number of carbonyl (C=O) groups excluding carboxylic acids is 4. The number of aliphatic imine (C=N–C) groups is 1. The number of nitrogens with zero attached hydrogens (tertiary/aromatic N) is 2. The molecule has 1 heterocycles. The van der Waals surface area contributed by atoms with Crippen molar-refractivity contribution in [2.45, 2.75) is 88.6 Å². The van der Waals surface area contributed by atoms with Gasteiger partial charge >= 0.3 is 5.97 Å². The van der Waals surface area contributed by atoms with E-state index in [0.717, 1.165) is 0 Å². The first kappa shape index (κ1) is 36.8. The van der Waals surface area contributed by atoms with Crippen LogP contribution in [0.1, 0.15) is 57.4 Å². The quantitative estimate of drug-likeness (QED) is 0.0365. The van der Waals surface area contributed by atoms with Gasteiger partial charge in [0.05, 0.1) is 12.5 Å². The minimum Gasteiger partial charge on any atom is -0.480 e. The lowest BCUT2D eigenvalue weighted by Crippen LogP contribution is -2.59. The third-order valence-corrected chi connectivity index (χ3v) is 7.39. The third-order valence-electron chi connectivity index (χ3n) is 7.39. The number of rotatable bonds is 18. The van der Waals surface area contributed by atoms with Crippen LogP contribution in [0.5, 0.6) is 0 Å². The molecule has 0 bridgehead atoms. The van der Waals surface area contributed by atoms with Crippen LogP contribution in [0.2, 0.25) is 0 Å². The number of carbonyl (C=O) groups is 5. The molecule has 4 amide bonds. The molecule has 2 rings (SSSR count). The first-order chi connectivity index (χ1) is 21.3. The number of carboxylic acids is 1. The molecule has 0 saturated carbocycles. The maximum absolute atomic E-state index is 13.8. The second kappa shape index (κ2) is 18.4. The molecule has 0 aliphatic carbocycles. The Morgan fingerprint density at radius 1 is 1.00 bits per heavy atom. The fourth-order valence-electron chi connectivity index (χ4n) is 4.99. The van der Waals surface area contributed by atoms with Crippen molar-refractivity contribution in [3.05, 3.63) is 29.8 Å². The standard InChI is InChI=1S/C29H47N9O7/c1-17(39)24(37-23(40)16-18-9-11-19(31)12-10-18)26(42)35-20(6-2-3-13-30)27(43)38-15-5-8-22(38)25(41)36-21(28(44)45)7-4-14-34-29(32)33/h9-12,17,20-22,24,39H,2-8,13-16,30-31H2,1H3,(H,35,42)(H,36,41)(H,37,40)(H,44,45)(H4,32,33,34)/t17-,20+,21+,22+,24+/m1/s1. The van der Waals surface area contributed by atoms with Gasteiger partial charge in [0.25, 0.3) is 0 Å². The highest BCUT2D eigenvalue weighted by molar-refractivity contribution is 5.95. The minimum absolute atomic E-state index is 0.0637. The highest BCUT2D eigenvalue weighted by atomic mass is 16.4. The Kier molecular flexibility index (Phi) is 15.0. The Morgan fingerprint density at radius 3 is 2.27 bits per heavy atom. The SMILES string of the molecule is C[C@@H](O)[C@H](NC(=O)Cc1ccc(N)cc1)C(=O)N[C@@H](CCCCN)C(=O)N1CCC[C@H]1C(=O)N[C@@H](CCCN=C(N)N)C(=O)O. The Bertz CT molecular complexity index is 1190. The summed E-state index contributed by atoms with van der Waals surface area (Å²) in [4.78, 5) is 69.9. The van der Waals surface area contributed by atoms with Crippen LogP contribution < -0.4 is 38.9 Å². The van der Waals surface area contributed by atoms with Crippen LogP contribution in [-0.4, -0.2) is 101 Å². The number of benzene rings is 1. The molecule has 13 N–H and O–H groups in total. The number of carboxylic acid groups (broad SMARTS) is 1. The van der Waals surface area contributed by atoms with Crippen molar-refractivity contribution in [1.82, 2.24) is 20.9 Å². The number of aliphatic hydroxyl groups is 1. The summed E-state index contributed by atoms with van der Waals surface area (Å²) < 4.78 is 0. The number of likely N-dealkylation sites (tertiary alicyclic amines) is 1. The number of guanidine groups is 1. The van der Waals surface area contributed by atoms with E-state index in [2.05, 4.69) is 20.9 Å². The summed E-state index contributed by atoms with van der Waals surface area (Å²) >= 11 is 0. The number of anilines is 1. The molecule has 1 aromatic carbocycles. The number of hydrogen-bond acceptors (Lipinski definition) is 9. The van der Waals surface area contributed by atoms with Crippen LogP contribution in [0.15, 0.2) is 29.3 Å². The number of aliphatic hydroxyl groups excluding tert-OH is 1. The Labute approximate surface area is 262 Å². The molecule has 5 atom stereocenters. The minimum atomic E-state index is -1.36. The van der Waals surface area contributed by atoms with Crippen LogP contribution in [0.3, 0.4) is 0 Å². The molecule has 1 aromatic rings. The Morgan fingerprint density at radius 2 is 1.67 bits per heavy atom. The summed E-state index contributed by atoms with van der Waals surface area (Å²) in [6, 6.07) is 2.03. The first-order valence-corrected chi connectivity index (χ1v) is 15.0. The molecule has 0 radical (unpaired) electrons. The van der Waals surface area contributed by atoms with Crippen LogP contribution in [0, 0.1) is 0 Å². The molecular formula is C29H47N9O7. The maximum atomic E-state index is 13.8. The fourth-order valence-corrected chi connectivity index (χ4v) is 4.99. The van der Waals surface area contributed by atoms with E-state index in [1.165, 1.54) is 11.8 Å². The zero-order valence-electron chi connectivity index (χ0n) is 25.6. The number of nitrogens with one attached hydrogen (secondary N) is 3. The molecule has 1 fully saturated rings. The summed E-state index contributed by atoms with van der Waals surface area (Å²) in [6.07, 6.45) is 1.07. The Balaban J connectivity index is 2.13. The average Bonchev–Trinajstić information content (AvgIpc) is 3.47. The lowest BCUT2D eigenvalue weighted by atomic mass is 10.0. The van der Waals surface area contributed by atoms with E-state index in [0.29, 0.717) is 49.9 Å². The van der Waals surface area contributed by atoms with Crippen molar-refractivity contribution in [3.8, 4) is 0 Å². The predicted octanol–water partition coefficient (Wildman–Crippen LogP) is -2.10. The number of unbranched alkanes of at least 4 members (excludes halogenated alkanes) is 1. The van der Waals surface area contributed by atoms with E-state index >= 15 is 0 Å². The molecule has 1 aliphatic heterocycles. The van der Waals surface area contributed by atoms with Crippen LogP contribution >= 0.6 is 0 Å². The van der Waals surface area contributed by atoms with Gasteiger partial charge in [-0.15, -0.1) is 0 Å². The Hall–Kier alpha value is -4.44. The fraction of sp³-hybridized carbons (Fsp3) is 0.586. The topological polar surface area (TPSA) is 282 Å². The van der Waals surface area contributed by atoms with Crippen LogP contribution in [0.4, 0.5) is 5.69 Å². The van der Waals surface area contributed by atoms with Gasteiger partial charge in [-0.2, -0.15) is 0 Å². The molecule has 0 unspecified atom stereocenters. The number of nitrogen functional groups attached to an aromatic ring is 1. The second-order valence-electron chi connectivity index (χ2n) is 11.1. The van der Waals surface area contributed by atoms with Crippen molar-refractivity contribution in [1.29, 1.82) is 0 Å². The van der Waals surface area contributed by atoms with Crippen LogP contribution in [-0.2, 0) is 30.4 Å². The van der Waals surface area contributed by atoms with Gasteiger partial charge in [-0.25, -0.2) is 4.79 Å². The lowest BCUT2D eigenvalue weighted by Gasteiger charge is -2.31. The summed E-state index contributed by atoms with van der Waals surface area (Å²) in [5.74, 6) is -3.81. The molecule has 1 saturated heterocycles. The number of hydrogen-bond donors (Lipinski definition) is 9. The van der Waals surface area contributed by atoms with Crippen molar-refractivity contribution in [3.63, 3.8) is 0 Å². The van der Waals surface area contributed by atoms with Gasteiger partial charge in [0.15, 0.2) is 5.96 Å². The molecule has 1 aliphatic rings. The zero-order chi connectivity index (χ0) is 33.5. The molecule has 0 spiro atoms. The van der Waals surface area contributed by atoms with E-state index < -0.39 is 59.9 Å². The molecule has 16 heteroatoms. The highest BCUT2D eigenvalue weighted by Crippen LogP contribution is 2.21. The van der Waals surface area contributed by atoms with Gasteiger partial charge in [-0.1, -0.05) is 12.1 Å². The van der Waals surface area contributed by atoms with Crippen LogP contribution in [0.25, 0.3) is 0 Å². The second-order valence-corrected chi connectivity index (χ2v) is 11.1. The van der Waals surface area contributed by atoms with Crippen molar-refractivity contribution >= 4 is 41.2 Å². The van der Waals surface area contributed by atoms with E-state index in [4.69, 9.17) is 22.9 Å². The van der Waals surface area contributed by atoms with E-state index in [-0.39, 0.29) is 38.3 Å². The van der Waals surface area contributed by atoms with Gasteiger partial charge in [0, 0.05) is 18.8 Å². The number of nitrogens with two attached hydrogens (primary N) is 4. The first-order valence-electron chi connectivity index (χ1n) is 15.0. The van der Waals surface area contributed by atoms with Crippen molar-refractivity contribution < 1.29 is 34.2 Å².